The summed E-state index contributed by atoms with van der Waals surface area (Å²) in [5.41, 5.74) is 5.19. The average molecular weight is 317 g/mol. The molecule has 1 aliphatic heterocycles. The molecule has 0 saturated carbocycles. The lowest BCUT2D eigenvalue weighted by atomic mass is 9.89. The summed E-state index contributed by atoms with van der Waals surface area (Å²) < 4.78 is 0. The number of benzene rings is 2. The predicted molar refractivity (Wildman–Crippen MR) is 90.0 cm³/mol. The molecular weight excluding hydrogens is 301 g/mol. The van der Waals surface area contributed by atoms with Crippen LogP contribution >= 0.6 is 23.2 Å². The minimum Gasteiger partial charge on any atom is -0.241 e. The Labute approximate surface area is 135 Å². The molecule has 107 valence electrons. The molecule has 1 nitrogen and oxygen atoms in total. The topological polar surface area (TPSA) is 14.1 Å². The van der Waals surface area contributed by atoms with Crippen molar-refractivity contribution in [1.82, 2.24) is 5.32 Å². The van der Waals surface area contributed by atoms with Crippen molar-refractivity contribution in [3.63, 3.8) is 0 Å². The molecule has 3 heteroatoms. The van der Waals surface area contributed by atoms with E-state index in [-0.39, 0.29) is 0 Å². The summed E-state index contributed by atoms with van der Waals surface area (Å²) >= 11 is 12.0. The Morgan fingerprint density at radius 1 is 0.714 bits per heavy atom. The van der Waals surface area contributed by atoms with Crippen molar-refractivity contribution in [2.75, 3.05) is 13.1 Å². The zero-order valence-electron chi connectivity index (χ0n) is 11.7. The summed E-state index contributed by atoms with van der Waals surface area (Å²) in [6.07, 6.45) is 2.06. The molecule has 1 fully saturated rings. The smallest absolute Gasteiger partial charge is 0.0406 e. The Morgan fingerprint density at radius 2 is 1.14 bits per heavy atom. The third-order valence-electron chi connectivity index (χ3n) is 3.76. The van der Waals surface area contributed by atoms with Gasteiger partial charge in [0.05, 0.1) is 0 Å². The number of hydrogen-bond acceptors (Lipinski definition) is 0. The van der Waals surface area contributed by atoms with Gasteiger partial charge in [-0.05, 0) is 53.8 Å². The molecule has 1 saturated heterocycles. The summed E-state index contributed by atoms with van der Waals surface area (Å²) in [7, 11) is 0. The van der Waals surface area contributed by atoms with Crippen LogP contribution in [-0.2, 0) is 0 Å². The second-order valence-corrected chi connectivity index (χ2v) is 6.04. The standard InChI is InChI=1S/C18H16Cl2N/c19-16-5-1-13(2-6-16)18(15-9-11-21-12-10-15)14-3-7-17(20)8-4-14/h1-8H,9-12H2. The second-order valence-electron chi connectivity index (χ2n) is 5.16. The van der Waals surface area contributed by atoms with Gasteiger partial charge in [0.25, 0.3) is 0 Å². The fraction of sp³-hybridized carbons (Fsp3) is 0.222. The lowest BCUT2D eigenvalue weighted by Crippen LogP contribution is -2.17. The molecule has 0 N–H and O–H groups in total. The molecule has 1 heterocycles. The van der Waals surface area contributed by atoms with E-state index in [2.05, 4.69) is 29.6 Å². The summed E-state index contributed by atoms with van der Waals surface area (Å²) in [5.74, 6) is 0. The van der Waals surface area contributed by atoms with E-state index in [1.54, 1.807) is 0 Å². The summed E-state index contributed by atoms with van der Waals surface area (Å²) in [6.45, 7) is 1.83. The molecule has 2 aromatic rings. The van der Waals surface area contributed by atoms with E-state index in [0.29, 0.717) is 0 Å². The number of nitrogens with zero attached hydrogens (tertiary/aromatic N) is 1. The first kappa shape index (κ1) is 14.6. The monoisotopic (exact) mass is 316 g/mol. The van der Waals surface area contributed by atoms with E-state index in [4.69, 9.17) is 23.2 Å². The molecule has 1 aliphatic rings. The molecule has 1 radical (unpaired) electrons. The Hall–Kier alpha value is -1.28. The van der Waals surface area contributed by atoms with Crippen molar-refractivity contribution >= 4 is 28.8 Å². The van der Waals surface area contributed by atoms with Crippen LogP contribution in [0.4, 0.5) is 0 Å². The summed E-state index contributed by atoms with van der Waals surface area (Å²) in [6, 6.07) is 16.1. The fourth-order valence-electron chi connectivity index (χ4n) is 2.72. The highest BCUT2D eigenvalue weighted by molar-refractivity contribution is 6.31. The maximum Gasteiger partial charge on any atom is 0.0406 e. The maximum absolute atomic E-state index is 6.02. The number of piperidine rings is 1. The van der Waals surface area contributed by atoms with Gasteiger partial charge in [0.1, 0.15) is 0 Å². The quantitative estimate of drug-likeness (QED) is 0.723. The molecule has 2 aromatic carbocycles. The van der Waals surface area contributed by atoms with Crippen LogP contribution in [0.25, 0.3) is 5.57 Å². The van der Waals surface area contributed by atoms with Crippen LogP contribution in [0.1, 0.15) is 24.0 Å². The van der Waals surface area contributed by atoms with Gasteiger partial charge in [0.15, 0.2) is 0 Å². The number of halogens is 2. The Morgan fingerprint density at radius 3 is 1.57 bits per heavy atom. The molecule has 0 atom stereocenters. The Balaban J connectivity index is 2.10. The molecule has 0 spiro atoms. The molecule has 0 amide bonds. The largest absolute Gasteiger partial charge is 0.241 e. The number of rotatable bonds is 2. The first-order valence-corrected chi connectivity index (χ1v) is 7.87. The van der Waals surface area contributed by atoms with E-state index < -0.39 is 0 Å². The molecule has 0 unspecified atom stereocenters. The third-order valence-corrected chi connectivity index (χ3v) is 4.27. The zero-order valence-corrected chi connectivity index (χ0v) is 13.2. The van der Waals surface area contributed by atoms with Crippen molar-refractivity contribution in [3.8, 4) is 0 Å². The first-order chi connectivity index (χ1) is 10.2. The van der Waals surface area contributed by atoms with Crippen LogP contribution < -0.4 is 5.32 Å². The lowest BCUT2D eigenvalue weighted by molar-refractivity contribution is 0.600. The van der Waals surface area contributed by atoms with Gasteiger partial charge in [-0.2, -0.15) is 0 Å². The predicted octanol–water partition coefficient (Wildman–Crippen LogP) is 5.19. The van der Waals surface area contributed by atoms with Gasteiger partial charge in [-0.15, -0.1) is 0 Å². The lowest BCUT2D eigenvalue weighted by Gasteiger charge is -2.20. The normalized spacial score (nSPS) is 15.0. The van der Waals surface area contributed by atoms with Crippen molar-refractivity contribution in [3.05, 3.63) is 75.3 Å². The van der Waals surface area contributed by atoms with Crippen LogP contribution in [0.2, 0.25) is 10.0 Å². The molecule has 0 bridgehead atoms. The van der Waals surface area contributed by atoms with Crippen LogP contribution in [0, 0.1) is 0 Å². The fourth-order valence-corrected chi connectivity index (χ4v) is 2.97. The average Bonchev–Trinajstić information content (AvgIpc) is 2.52. The van der Waals surface area contributed by atoms with Gasteiger partial charge in [0, 0.05) is 23.1 Å². The minimum atomic E-state index is 0.762. The molecule has 3 rings (SSSR count). The van der Waals surface area contributed by atoms with Gasteiger partial charge >= 0.3 is 0 Å². The number of hydrogen-bond donors (Lipinski definition) is 0. The van der Waals surface area contributed by atoms with Gasteiger partial charge in [0.2, 0.25) is 0 Å². The first-order valence-electron chi connectivity index (χ1n) is 7.11. The SMILES string of the molecule is Clc1ccc(C(=C2CC[N]CC2)c2ccc(Cl)cc2)cc1. The molecule has 0 aromatic heterocycles. The minimum absolute atomic E-state index is 0.762. The maximum atomic E-state index is 6.02. The van der Waals surface area contributed by atoms with Gasteiger partial charge in [-0.1, -0.05) is 53.0 Å². The molecule has 21 heavy (non-hydrogen) atoms. The van der Waals surface area contributed by atoms with Crippen LogP contribution in [0.3, 0.4) is 0 Å². The molecule has 0 aliphatic carbocycles. The highest BCUT2D eigenvalue weighted by atomic mass is 35.5. The zero-order chi connectivity index (χ0) is 14.7. The van der Waals surface area contributed by atoms with Crippen molar-refractivity contribution in [2.24, 2.45) is 0 Å². The highest BCUT2D eigenvalue weighted by Crippen LogP contribution is 2.32. The van der Waals surface area contributed by atoms with Crippen LogP contribution in [0.15, 0.2) is 54.1 Å². The second kappa shape index (κ2) is 6.65. The Kier molecular flexibility index (Phi) is 4.64. The highest BCUT2D eigenvalue weighted by Gasteiger charge is 2.15. The van der Waals surface area contributed by atoms with Gasteiger partial charge in [-0.25, -0.2) is 5.32 Å². The van der Waals surface area contributed by atoms with Crippen LogP contribution in [0.5, 0.6) is 0 Å². The van der Waals surface area contributed by atoms with Crippen molar-refractivity contribution in [2.45, 2.75) is 12.8 Å². The summed E-state index contributed by atoms with van der Waals surface area (Å²) in [5, 5.41) is 5.97. The van der Waals surface area contributed by atoms with E-state index in [0.717, 1.165) is 36.0 Å². The van der Waals surface area contributed by atoms with E-state index in [1.807, 2.05) is 24.3 Å². The van der Waals surface area contributed by atoms with E-state index >= 15 is 0 Å². The van der Waals surface area contributed by atoms with E-state index in [9.17, 15) is 0 Å². The van der Waals surface area contributed by atoms with Crippen LogP contribution in [-0.4, -0.2) is 13.1 Å². The summed E-state index contributed by atoms with van der Waals surface area (Å²) in [4.78, 5) is 0. The van der Waals surface area contributed by atoms with Crippen molar-refractivity contribution in [1.29, 1.82) is 0 Å². The third kappa shape index (κ3) is 3.49. The Bertz CT molecular complexity index is 586. The molecular formula is C18H16Cl2N. The van der Waals surface area contributed by atoms with Crippen molar-refractivity contribution < 1.29 is 0 Å². The van der Waals surface area contributed by atoms with Gasteiger partial charge in [-0.3, -0.25) is 0 Å². The van der Waals surface area contributed by atoms with E-state index in [1.165, 1.54) is 22.3 Å². The van der Waals surface area contributed by atoms with Gasteiger partial charge < -0.3 is 0 Å².